The Kier molecular flexibility index (Phi) is 2.20. The molecular formula is C8H12N2O3. The van der Waals surface area contributed by atoms with Gasteiger partial charge in [0.1, 0.15) is 12.0 Å². The van der Waals surface area contributed by atoms with Crippen LogP contribution in [0.3, 0.4) is 0 Å². The molecule has 2 heterocycles. The van der Waals surface area contributed by atoms with E-state index in [1.54, 1.807) is 7.11 Å². The summed E-state index contributed by atoms with van der Waals surface area (Å²) in [5.74, 6) is 0. The SMILES string of the molecule is COC1CN(c2nc(CO)co2)C1. The van der Waals surface area contributed by atoms with Crippen LogP contribution in [0.15, 0.2) is 10.7 Å². The summed E-state index contributed by atoms with van der Waals surface area (Å²) in [6, 6.07) is 0.567. The molecule has 1 aliphatic heterocycles. The van der Waals surface area contributed by atoms with Crippen LogP contribution in [0.2, 0.25) is 0 Å². The van der Waals surface area contributed by atoms with Crippen molar-refractivity contribution in [3.63, 3.8) is 0 Å². The molecule has 0 atom stereocenters. The lowest BCUT2D eigenvalue weighted by molar-refractivity contribution is 0.0757. The Bertz CT molecular complexity index is 281. The van der Waals surface area contributed by atoms with Gasteiger partial charge >= 0.3 is 0 Å². The van der Waals surface area contributed by atoms with E-state index in [2.05, 4.69) is 4.98 Å². The fourth-order valence-electron chi connectivity index (χ4n) is 1.26. The summed E-state index contributed by atoms with van der Waals surface area (Å²) >= 11 is 0. The third-order valence-corrected chi connectivity index (χ3v) is 2.15. The van der Waals surface area contributed by atoms with Gasteiger partial charge in [0, 0.05) is 7.11 Å². The van der Waals surface area contributed by atoms with Crippen molar-refractivity contribution in [3.8, 4) is 0 Å². The lowest BCUT2D eigenvalue weighted by atomic mass is 10.2. The van der Waals surface area contributed by atoms with Gasteiger partial charge in [-0.3, -0.25) is 0 Å². The van der Waals surface area contributed by atoms with Crippen molar-refractivity contribution in [1.29, 1.82) is 0 Å². The number of anilines is 1. The van der Waals surface area contributed by atoms with E-state index in [9.17, 15) is 0 Å². The number of aromatic nitrogens is 1. The molecule has 1 N–H and O–H groups in total. The molecule has 5 heteroatoms. The Morgan fingerprint density at radius 2 is 2.54 bits per heavy atom. The molecule has 0 unspecified atom stereocenters. The number of hydrogen-bond donors (Lipinski definition) is 1. The highest BCUT2D eigenvalue weighted by atomic mass is 16.5. The van der Waals surface area contributed by atoms with Crippen LogP contribution in [0, 0.1) is 0 Å². The first-order chi connectivity index (χ1) is 6.33. The van der Waals surface area contributed by atoms with Crippen LogP contribution >= 0.6 is 0 Å². The fourth-order valence-corrected chi connectivity index (χ4v) is 1.26. The smallest absolute Gasteiger partial charge is 0.297 e. The zero-order chi connectivity index (χ0) is 9.26. The Labute approximate surface area is 75.9 Å². The van der Waals surface area contributed by atoms with Gasteiger partial charge in [-0.15, -0.1) is 0 Å². The molecule has 0 bridgehead atoms. The Morgan fingerprint density at radius 3 is 3.08 bits per heavy atom. The zero-order valence-corrected chi connectivity index (χ0v) is 7.43. The van der Waals surface area contributed by atoms with Crippen molar-refractivity contribution < 1.29 is 14.3 Å². The van der Waals surface area contributed by atoms with E-state index in [4.69, 9.17) is 14.3 Å². The number of methoxy groups -OCH3 is 1. The molecule has 0 aromatic carbocycles. The van der Waals surface area contributed by atoms with Gasteiger partial charge in [-0.1, -0.05) is 0 Å². The van der Waals surface area contributed by atoms with E-state index in [1.807, 2.05) is 4.90 Å². The van der Waals surface area contributed by atoms with Crippen LogP contribution < -0.4 is 4.90 Å². The van der Waals surface area contributed by atoms with Crippen LogP contribution in [-0.4, -0.2) is 36.4 Å². The third kappa shape index (κ3) is 1.52. The van der Waals surface area contributed by atoms with E-state index in [1.165, 1.54) is 6.26 Å². The number of hydrogen-bond acceptors (Lipinski definition) is 5. The van der Waals surface area contributed by atoms with Crippen molar-refractivity contribution >= 4 is 6.01 Å². The lowest BCUT2D eigenvalue weighted by Gasteiger charge is -2.36. The second-order valence-electron chi connectivity index (χ2n) is 3.04. The van der Waals surface area contributed by atoms with E-state index < -0.39 is 0 Å². The molecule has 1 aliphatic rings. The Morgan fingerprint density at radius 1 is 1.77 bits per heavy atom. The van der Waals surface area contributed by atoms with Crippen molar-refractivity contribution in [1.82, 2.24) is 4.98 Å². The molecule has 1 aromatic heterocycles. The maximum atomic E-state index is 8.76. The van der Waals surface area contributed by atoms with Gasteiger partial charge in [-0.05, 0) is 0 Å². The van der Waals surface area contributed by atoms with E-state index in [0.29, 0.717) is 11.7 Å². The molecule has 2 rings (SSSR count). The molecular weight excluding hydrogens is 172 g/mol. The van der Waals surface area contributed by atoms with Crippen LogP contribution in [0.1, 0.15) is 5.69 Å². The van der Waals surface area contributed by atoms with Crippen molar-refractivity contribution in [2.45, 2.75) is 12.7 Å². The monoisotopic (exact) mass is 184 g/mol. The molecule has 0 saturated carbocycles. The standard InChI is InChI=1S/C8H12N2O3/c1-12-7-2-10(3-7)8-9-6(4-11)5-13-8/h5,7,11H,2-4H2,1H3. The molecule has 72 valence electrons. The van der Waals surface area contributed by atoms with Gasteiger partial charge in [0.25, 0.3) is 6.01 Å². The highest BCUT2D eigenvalue weighted by molar-refractivity contribution is 5.32. The van der Waals surface area contributed by atoms with Gasteiger partial charge in [0.15, 0.2) is 0 Å². The molecule has 1 saturated heterocycles. The molecule has 0 aliphatic carbocycles. The highest BCUT2D eigenvalue weighted by Gasteiger charge is 2.29. The summed E-state index contributed by atoms with van der Waals surface area (Å²) in [6.45, 7) is 1.54. The first-order valence-corrected chi connectivity index (χ1v) is 4.16. The largest absolute Gasteiger partial charge is 0.432 e. The number of oxazole rings is 1. The average molecular weight is 184 g/mol. The summed E-state index contributed by atoms with van der Waals surface area (Å²) in [4.78, 5) is 6.04. The molecule has 13 heavy (non-hydrogen) atoms. The predicted octanol–water partition coefficient (Wildman–Crippen LogP) is 0.00190. The second kappa shape index (κ2) is 3.35. The summed E-state index contributed by atoms with van der Waals surface area (Å²) in [5, 5.41) is 8.76. The number of aliphatic hydroxyl groups is 1. The highest BCUT2D eigenvalue weighted by Crippen LogP contribution is 2.20. The van der Waals surface area contributed by atoms with E-state index >= 15 is 0 Å². The van der Waals surface area contributed by atoms with Gasteiger partial charge < -0.3 is 19.2 Å². The van der Waals surface area contributed by atoms with Crippen molar-refractivity contribution in [2.24, 2.45) is 0 Å². The first-order valence-electron chi connectivity index (χ1n) is 4.16. The quantitative estimate of drug-likeness (QED) is 0.716. The van der Waals surface area contributed by atoms with Gasteiger partial charge in [-0.25, -0.2) is 0 Å². The molecule has 5 nitrogen and oxygen atoms in total. The van der Waals surface area contributed by atoms with Crippen molar-refractivity contribution in [2.75, 3.05) is 25.1 Å². The molecule has 1 fully saturated rings. The van der Waals surface area contributed by atoms with Crippen LogP contribution in [0.25, 0.3) is 0 Å². The topological polar surface area (TPSA) is 58.7 Å². The normalized spacial score (nSPS) is 17.5. The van der Waals surface area contributed by atoms with Crippen molar-refractivity contribution in [3.05, 3.63) is 12.0 Å². The van der Waals surface area contributed by atoms with E-state index in [-0.39, 0.29) is 12.7 Å². The third-order valence-electron chi connectivity index (χ3n) is 2.15. The average Bonchev–Trinajstić information content (AvgIpc) is 2.51. The van der Waals surface area contributed by atoms with Crippen LogP contribution in [0.4, 0.5) is 6.01 Å². The van der Waals surface area contributed by atoms with Crippen LogP contribution in [0.5, 0.6) is 0 Å². The molecule has 1 aromatic rings. The van der Waals surface area contributed by atoms with Gasteiger partial charge in [0.2, 0.25) is 0 Å². The summed E-state index contributed by atoms with van der Waals surface area (Å²) < 4.78 is 10.3. The van der Waals surface area contributed by atoms with Crippen LogP contribution in [-0.2, 0) is 11.3 Å². The molecule has 0 radical (unpaired) electrons. The maximum Gasteiger partial charge on any atom is 0.297 e. The minimum Gasteiger partial charge on any atom is -0.432 e. The van der Waals surface area contributed by atoms with E-state index in [0.717, 1.165) is 13.1 Å². The Hall–Kier alpha value is -1.07. The number of ether oxygens (including phenoxy) is 1. The fraction of sp³-hybridized carbons (Fsp3) is 0.625. The molecule has 0 amide bonds. The molecule has 0 spiro atoms. The van der Waals surface area contributed by atoms with Gasteiger partial charge in [-0.2, -0.15) is 4.98 Å². The maximum absolute atomic E-state index is 8.76. The zero-order valence-electron chi connectivity index (χ0n) is 7.43. The summed E-state index contributed by atoms with van der Waals surface area (Å²) in [5.41, 5.74) is 0.566. The number of nitrogens with zero attached hydrogens (tertiary/aromatic N) is 2. The number of aliphatic hydroxyl groups excluding tert-OH is 1. The first kappa shape index (κ1) is 8.52. The lowest BCUT2D eigenvalue weighted by Crippen LogP contribution is -2.52. The minimum absolute atomic E-state index is 0.0783. The summed E-state index contributed by atoms with van der Waals surface area (Å²) in [7, 11) is 1.69. The predicted molar refractivity (Wildman–Crippen MR) is 45.4 cm³/mol. The van der Waals surface area contributed by atoms with Gasteiger partial charge in [0.05, 0.1) is 25.8 Å². The minimum atomic E-state index is -0.0783. The summed E-state index contributed by atoms with van der Waals surface area (Å²) in [6.07, 6.45) is 1.75. The second-order valence-corrected chi connectivity index (χ2v) is 3.04. The number of rotatable bonds is 3. The Balaban J connectivity index is 1.95.